The Morgan fingerprint density at radius 3 is 2.69 bits per heavy atom. The number of amides is 2. The number of nitrogens with zero attached hydrogens (tertiary/aromatic N) is 5. The summed E-state index contributed by atoms with van der Waals surface area (Å²) in [5, 5.41) is 12.6. The van der Waals surface area contributed by atoms with Gasteiger partial charge >= 0.3 is 0 Å². The number of rotatable bonds is 11. The summed E-state index contributed by atoms with van der Waals surface area (Å²) in [6.07, 6.45) is 4.45. The van der Waals surface area contributed by atoms with Crippen LogP contribution in [0.15, 0.2) is 29.4 Å². The number of anilines is 2. The molecule has 0 unspecified atom stereocenters. The zero-order valence-electron chi connectivity index (χ0n) is 19.5. The molecule has 8 nitrogen and oxygen atoms in total. The van der Waals surface area contributed by atoms with Gasteiger partial charge in [-0.15, -0.1) is 10.2 Å². The molecule has 2 aromatic rings. The van der Waals surface area contributed by atoms with Gasteiger partial charge in [0, 0.05) is 19.5 Å². The highest BCUT2D eigenvalue weighted by molar-refractivity contribution is 7.99. The van der Waals surface area contributed by atoms with Crippen LogP contribution < -0.4 is 10.2 Å². The van der Waals surface area contributed by atoms with Gasteiger partial charge in [-0.1, -0.05) is 44.2 Å². The third-order valence-electron chi connectivity index (χ3n) is 5.66. The first-order valence-electron chi connectivity index (χ1n) is 11.4. The van der Waals surface area contributed by atoms with E-state index in [0.717, 1.165) is 48.9 Å². The molecule has 2 amide bonds. The predicted molar refractivity (Wildman–Crippen MR) is 129 cm³/mol. The van der Waals surface area contributed by atoms with Gasteiger partial charge in [0.25, 0.3) is 0 Å². The number of hydrogen-bond acceptors (Lipinski definition) is 6. The van der Waals surface area contributed by atoms with Gasteiger partial charge in [0.05, 0.1) is 23.2 Å². The van der Waals surface area contributed by atoms with Gasteiger partial charge in [-0.2, -0.15) is 0 Å². The lowest BCUT2D eigenvalue weighted by Gasteiger charge is -2.23. The second-order valence-corrected chi connectivity index (χ2v) is 9.18. The van der Waals surface area contributed by atoms with Gasteiger partial charge in [-0.3, -0.25) is 14.5 Å². The molecule has 1 saturated heterocycles. The van der Waals surface area contributed by atoms with Gasteiger partial charge < -0.3 is 14.8 Å². The zero-order valence-corrected chi connectivity index (χ0v) is 20.3. The number of carbonyl (C=O) groups excluding carboxylic acids is 2. The maximum Gasteiger partial charge on any atom is 0.234 e. The molecule has 0 aliphatic carbocycles. The Balaban J connectivity index is 1.70. The van der Waals surface area contributed by atoms with Gasteiger partial charge in [-0.25, -0.2) is 0 Å². The predicted octanol–water partition coefficient (Wildman–Crippen LogP) is 3.95. The topological polar surface area (TPSA) is 83.4 Å². The number of thioether (sulfide) groups is 1. The van der Waals surface area contributed by atoms with Crippen molar-refractivity contribution in [1.82, 2.24) is 19.7 Å². The monoisotopic (exact) mass is 458 g/mol. The minimum absolute atomic E-state index is 0.101. The lowest BCUT2D eigenvalue weighted by molar-refractivity contribution is -0.117. The second-order valence-electron chi connectivity index (χ2n) is 8.24. The highest BCUT2D eigenvalue weighted by atomic mass is 32.2. The highest BCUT2D eigenvalue weighted by Gasteiger charge is 2.25. The van der Waals surface area contributed by atoms with Crippen LogP contribution in [0.4, 0.5) is 11.4 Å². The standard InChI is InChI=1S/C23H34N6O2S/c1-5-7-14-29-22(18(6-2)27(3)4)25-26-23(29)32-16-20(30)24-17-11-8-9-12-19(17)28-15-10-13-21(28)31/h8-9,11-12,18H,5-7,10,13-16H2,1-4H3,(H,24,30)/t18-/m1/s1. The summed E-state index contributed by atoms with van der Waals surface area (Å²) in [6.45, 7) is 5.84. The van der Waals surface area contributed by atoms with E-state index in [0.29, 0.717) is 18.7 Å². The maximum atomic E-state index is 12.8. The van der Waals surface area contributed by atoms with Crippen molar-refractivity contribution >= 4 is 35.0 Å². The molecule has 1 aromatic carbocycles. The van der Waals surface area contributed by atoms with E-state index in [-0.39, 0.29) is 23.6 Å². The average Bonchev–Trinajstić information content (AvgIpc) is 3.37. The zero-order chi connectivity index (χ0) is 23.1. The molecule has 32 heavy (non-hydrogen) atoms. The molecule has 2 heterocycles. The van der Waals surface area contributed by atoms with Crippen LogP contribution in [0.5, 0.6) is 0 Å². The normalized spacial score (nSPS) is 14.9. The number of nitrogens with one attached hydrogen (secondary N) is 1. The summed E-state index contributed by atoms with van der Waals surface area (Å²) in [6, 6.07) is 7.66. The number of aromatic nitrogens is 3. The Labute approximate surface area is 194 Å². The summed E-state index contributed by atoms with van der Waals surface area (Å²) in [4.78, 5) is 28.8. The largest absolute Gasteiger partial charge is 0.324 e. The van der Waals surface area contributed by atoms with E-state index in [4.69, 9.17) is 0 Å². The molecule has 1 atom stereocenters. The van der Waals surface area contributed by atoms with Crippen molar-refractivity contribution in [2.75, 3.05) is 36.6 Å². The van der Waals surface area contributed by atoms with E-state index in [9.17, 15) is 9.59 Å². The Morgan fingerprint density at radius 1 is 1.25 bits per heavy atom. The van der Waals surface area contributed by atoms with Crippen LogP contribution in [0.3, 0.4) is 0 Å². The van der Waals surface area contributed by atoms with Crippen molar-refractivity contribution in [3.8, 4) is 0 Å². The Bertz CT molecular complexity index is 929. The third kappa shape index (κ3) is 5.69. The maximum absolute atomic E-state index is 12.8. The van der Waals surface area contributed by atoms with E-state index < -0.39 is 0 Å². The number of unbranched alkanes of at least 4 members (excludes halogenated alkanes) is 1. The second kappa shape index (κ2) is 11.5. The fraction of sp³-hybridized carbons (Fsp3) is 0.565. The minimum atomic E-state index is -0.125. The molecule has 0 spiro atoms. The molecular weight excluding hydrogens is 424 g/mol. The molecular formula is C23H34N6O2S. The first-order valence-corrected chi connectivity index (χ1v) is 12.4. The molecule has 9 heteroatoms. The van der Waals surface area contributed by atoms with Crippen molar-refractivity contribution in [3.63, 3.8) is 0 Å². The molecule has 0 radical (unpaired) electrons. The number of benzene rings is 1. The van der Waals surface area contributed by atoms with Gasteiger partial charge in [0.15, 0.2) is 11.0 Å². The first kappa shape index (κ1) is 24.3. The Morgan fingerprint density at radius 2 is 2.03 bits per heavy atom. The fourth-order valence-electron chi connectivity index (χ4n) is 3.99. The average molecular weight is 459 g/mol. The lowest BCUT2D eigenvalue weighted by Crippen LogP contribution is -2.26. The summed E-state index contributed by atoms with van der Waals surface area (Å²) in [7, 11) is 4.10. The Hall–Kier alpha value is -2.39. The number of hydrogen-bond donors (Lipinski definition) is 1. The molecule has 1 N–H and O–H groups in total. The van der Waals surface area contributed by atoms with Crippen molar-refractivity contribution in [1.29, 1.82) is 0 Å². The fourth-order valence-corrected chi connectivity index (χ4v) is 4.76. The summed E-state index contributed by atoms with van der Waals surface area (Å²) >= 11 is 1.40. The molecule has 0 saturated carbocycles. The van der Waals surface area contributed by atoms with Gasteiger partial charge in [-0.05, 0) is 45.5 Å². The lowest BCUT2D eigenvalue weighted by atomic mass is 10.2. The van der Waals surface area contributed by atoms with Crippen molar-refractivity contribution < 1.29 is 9.59 Å². The third-order valence-corrected chi connectivity index (χ3v) is 6.63. The van der Waals surface area contributed by atoms with E-state index in [1.807, 2.05) is 24.3 Å². The first-order chi connectivity index (χ1) is 15.5. The van der Waals surface area contributed by atoms with E-state index in [1.165, 1.54) is 11.8 Å². The molecule has 1 fully saturated rings. The smallest absolute Gasteiger partial charge is 0.234 e. The van der Waals surface area contributed by atoms with Crippen LogP contribution in [0.1, 0.15) is 57.8 Å². The molecule has 1 aromatic heterocycles. The summed E-state index contributed by atoms with van der Waals surface area (Å²) < 4.78 is 2.16. The van der Waals surface area contributed by atoms with Crippen LogP contribution in [-0.4, -0.2) is 57.9 Å². The quantitative estimate of drug-likeness (QED) is 0.514. The van der Waals surface area contributed by atoms with Crippen molar-refractivity contribution in [2.45, 2.75) is 63.7 Å². The van der Waals surface area contributed by atoms with E-state index in [2.05, 4.69) is 52.9 Å². The molecule has 1 aliphatic heterocycles. The minimum Gasteiger partial charge on any atom is -0.324 e. The van der Waals surface area contributed by atoms with Crippen LogP contribution in [0.2, 0.25) is 0 Å². The summed E-state index contributed by atoms with van der Waals surface area (Å²) in [5.41, 5.74) is 1.43. The number of carbonyl (C=O) groups is 2. The van der Waals surface area contributed by atoms with Gasteiger partial charge in [0.2, 0.25) is 11.8 Å². The van der Waals surface area contributed by atoms with Crippen molar-refractivity contribution in [3.05, 3.63) is 30.1 Å². The molecule has 1 aliphatic rings. The molecule has 3 rings (SSSR count). The van der Waals surface area contributed by atoms with Crippen LogP contribution >= 0.6 is 11.8 Å². The van der Waals surface area contributed by atoms with Crippen molar-refractivity contribution in [2.24, 2.45) is 0 Å². The van der Waals surface area contributed by atoms with Crippen LogP contribution in [0, 0.1) is 0 Å². The summed E-state index contributed by atoms with van der Waals surface area (Å²) in [5.74, 6) is 1.15. The SMILES string of the molecule is CCCCn1c(SCC(=O)Nc2ccccc2N2CCCC2=O)nnc1[C@@H](CC)N(C)C. The Kier molecular flexibility index (Phi) is 8.69. The van der Waals surface area contributed by atoms with Gasteiger partial charge in [0.1, 0.15) is 0 Å². The van der Waals surface area contributed by atoms with Crippen LogP contribution in [0.25, 0.3) is 0 Å². The van der Waals surface area contributed by atoms with E-state index in [1.54, 1.807) is 4.90 Å². The molecule has 174 valence electrons. The molecule has 0 bridgehead atoms. The number of para-hydroxylation sites is 2. The van der Waals surface area contributed by atoms with E-state index >= 15 is 0 Å². The highest BCUT2D eigenvalue weighted by Crippen LogP contribution is 2.30. The van der Waals surface area contributed by atoms with Crippen LogP contribution in [-0.2, 0) is 16.1 Å².